The van der Waals surface area contributed by atoms with Crippen LogP contribution in [-0.2, 0) is 0 Å². The number of ether oxygens (including phenoxy) is 1. The maximum atomic E-state index is 9.61. The molecule has 0 heterocycles. The van der Waals surface area contributed by atoms with Crippen LogP contribution in [0, 0.1) is 6.92 Å². The summed E-state index contributed by atoms with van der Waals surface area (Å²) in [5.41, 5.74) is 7.05. The van der Waals surface area contributed by atoms with Crippen LogP contribution < -0.4 is 10.5 Å². The second kappa shape index (κ2) is 4.85. The number of aliphatic hydroxyl groups excluding tert-OH is 1. The van der Waals surface area contributed by atoms with Crippen molar-refractivity contribution in [2.45, 2.75) is 39.4 Å². The van der Waals surface area contributed by atoms with Crippen LogP contribution in [0.25, 0.3) is 0 Å². The van der Waals surface area contributed by atoms with Gasteiger partial charge in [-0.2, -0.15) is 0 Å². The Morgan fingerprint density at radius 2 is 2.00 bits per heavy atom. The van der Waals surface area contributed by atoms with Crippen molar-refractivity contribution in [3.63, 3.8) is 0 Å². The second-order valence-corrected chi connectivity index (χ2v) is 4.99. The first-order chi connectivity index (χ1) is 7.33. The predicted molar refractivity (Wildman–Crippen MR) is 65.6 cm³/mol. The van der Waals surface area contributed by atoms with E-state index in [2.05, 4.69) is 0 Å². The smallest absolute Gasteiger partial charge is 0.123 e. The molecule has 0 spiro atoms. The highest BCUT2D eigenvalue weighted by Crippen LogP contribution is 2.25. The summed E-state index contributed by atoms with van der Waals surface area (Å²) in [6, 6.07) is 5.65. The first-order valence-corrected chi connectivity index (χ1v) is 5.51. The van der Waals surface area contributed by atoms with Gasteiger partial charge in [0.1, 0.15) is 11.4 Å². The van der Waals surface area contributed by atoms with Crippen LogP contribution in [0.3, 0.4) is 0 Å². The van der Waals surface area contributed by atoms with Crippen LogP contribution in [0.4, 0.5) is 0 Å². The average Bonchev–Trinajstić information content (AvgIpc) is 2.18. The number of aryl methyl sites for hydroxylation is 1. The molecule has 0 amide bonds. The number of nitrogens with two attached hydrogens (primary N) is 1. The molecule has 1 atom stereocenters. The van der Waals surface area contributed by atoms with Crippen LogP contribution in [0.15, 0.2) is 18.2 Å². The average molecular weight is 223 g/mol. The molecule has 1 aromatic rings. The molecule has 1 aromatic carbocycles. The van der Waals surface area contributed by atoms with Crippen molar-refractivity contribution in [3.8, 4) is 5.75 Å². The van der Waals surface area contributed by atoms with Crippen LogP contribution in [-0.4, -0.2) is 17.3 Å². The van der Waals surface area contributed by atoms with Gasteiger partial charge in [-0.1, -0.05) is 6.07 Å². The summed E-state index contributed by atoms with van der Waals surface area (Å²) in [6.07, 6.45) is -0.595. The fourth-order valence-electron chi connectivity index (χ4n) is 1.46. The molecule has 0 radical (unpaired) electrons. The summed E-state index contributed by atoms with van der Waals surface area (Å²) < 4.78 is 5.79. The topological polar surface area (TPSA) is 55.5 Å². The Bertz CT molecular complexity index is 355. The van der Waals surface area contributed by atoms with Crippen LogP contribution in [0.1, 0.15) is 38.0 Å². The van der Waals surface area contributed by atoms with Crippen LogP contribution in [0.5, 0.6) is 5.75 Å². The molecular formula is C13H21NO2. The number of benzene rings is 1. The van der Waals surface area contributed by atoms with Gasteiger partial charge < -0.3 is 15.6 Å². The van der Waals surface area contributed by atoms with Gasteiger partial charge in [0, 0.05) is 6.54 Å². The first-order valence-electron chi connectivity index (χ1n) is 5.51. The maximum Gasteiger partial charge on any atom is 0.123 e. The molecule has 0 aliphatic heterocycles. The molecular weight excluding hydrogens is 202 g/mol. The van der Waals surface area contributed by atoms with E-state index in [0.717, 1.165) is 16.9 Å². The third kappa shape index (κ3) is 3.51. The zero-order valence-corrected chi connectivity index (χ0v) is 10.4. The van der Waals surface area contributed by atoms with Crippen molar-refractivity contribution >= 4 is 0 Å². The summed E-state index contributed by atoms with van der Waals surface area (Å²) in [6.45, 7) is 8.23. The minimum Gasteiger partial charge on any atom is -0.488 e. The van der Waals surface area contributed by atoms with E-state index < -0.39 is 6.10 Å². The lowest BCUT2D eigenvalue weighted by Gasteiger charge is -2.23. The minimum atomic E-state index is -0.595. The highest BCUT2D eigenvalue weighted by molar-refractivity contribution is 5.37. The second-order valence-electron chi connectivity index (χ2n) is 4.99. The van der Waals surface area contributed by atoms with Gasteiger partial charge in [-0.25, -0.2) is 0 Å². The molecule has 0 fully saturated rings. The van der Waals surface area contributed by atoms with Gasteiger partial charge in [0.05, 0.1) is 6.10 Å². The van der Waals surface area contributed by atoms with Crippen molar-refractivity contribution in [2.24, 2.45) is 5.73 Å². The molecule has 0 aromatic heterocycles. The molecule has 3 nitrogen and oxygen atoms in total. The number of hydrogen-bond acceptors (Lipinski definition) is 3. The Hall–Kier alpha value is -1.06. The molecule has 1 unspecified atom stereocenters. The third-order valence-corrected chi connectivity index (χ3v) is 2.22. The largest absolute Gasteiger partial charge is 0.488 e. The van der Waals surface area contributed by atoms with E-state index in [-0.39, 0.29) is 12.1 Å². The standard InChI is InChI=1S/C13H21NO2/c1-9-7-10(11(15)8-14)5-6-12(9)16-13(2,3)4/h5-7,11,15H,8,14H2,1-4H3. The molecule has 90 valence electrons. The lowest BCUT2D eigenvalue weighted by atomic mass is 10.1. The van der Waals surface area contributed by atoms with Gasteiger partial charge in [-0.05, 0) is 51.0 Å². The first kappa shape index (κ1) is 13.0. The van der Waals surface area contributed by atoms with Crippen molar-refractivity contribution in [2.75, 3.05) is 6.54 Å². The summed E-state index contributed by atoms with van der Waals surface area (Å²) >= 11 is 0. The highest BCUT2D eigenvalue weighted by atomic mass is 16.5. The zero-order chi connectivity index (χ0) is 12.3. The third-order valence-electron chi connectivity index (χ3n) is 2.22. The van der Waals surface area contributed by atoms with Gasteiger partial charge in [0.25, 0.3) is 0 Å². The Labute approximate surface area is 97.2 Å². The van der Waals surface area contributed by atoms with E-state index in [1.165, 1.54) is 0 Å². The minimum absolute atomic E-state index is 0.210. The normalized spacial score (nSPS) is 13.6. The quantitative estimate of drug-likeness (QED) is 0.825. The van der Waals surface area contributed by atoms with Crippen molar-refractivity contribution in [3.05, 3.63) is 29.3 Å². The Morgan fingerprint density at radius 1 is 1.38 bits per heavy atom. The Balaban J connectivity index is 2.92. The van der Waals surface area contributed by atoms with Gasteiger partial charge in [0.15, 0.2) is 0 Å². The summed E-state index contributed by atoms with van der Waals surface area (Å²) in [4.78, 5) is 0. The zero-order valence-electron chi connectivity index (χ0n) is 10.4. The molecule has 3 N–H and O–H groups in total. The van der Waals surface area contributed by atoms with Crippen LogP contribution in [0.2, 0.25) is 0 Å². The number of rotatable bonds is 3. The van der Waals surface area contributed by atoms with Gasteiger partial charge >= 0.3 is 0 Å². The van der Waals surface area contributed by atoms with Crippen molar-refractivity contribution < 1.29 is 9.84 Å². The Morgan fingerprint density at radius 3 is 2.44 bits per heavy atom. The van der Waals surface area contributed by atoms with E-state index in [1.54, 1.807) is 0 Å². The monoisotopic (exact) mass is 223 g/mol. The van der Waals surface area contributed by atoms with E-state index in [1.807, 2.05) is 45.9 Å². The molecule has 0 aliphatic carbocycles. The molecule has 16 heavy (non-hydrogen) atoms. The van der Waals surface area contributed by atoms with Gasteiger partial charge in [0.2, 0.25) is 0 Å². The summed E-state index contributed by atoms with van der Waals surface area (Å²) in [5.74, 6) is 0.848. The molecule has 0 bridgehead atoms. The van der Waals surface area contributed by atoms with E-state index in [0.29, 0.717) is 0 Å². The number of hydrogen-bond donors (Lipinski definition) is 2. The molecule has 3 heteroatoms. The fraction of sp³-hybridized carbons (Fsp3) is 0.538. The predicted octanol–water partition coefficient (Wildman–Crippen LogP) is 2.16. The number of aliphatic hydroxyl groups is 1. The van der Waals surface area contributed by atoms with Gasteiger partial charge in [-0.15, -0.1) is 0 Å². The maximum absolute atomic E-state index is 9.61. The van der Waals surface area contributed by atoms with E-state index >= 15 is 0 Å². The molecule has 0 aliphatic rings. The Kier molecular flexibility index (Phi) is 3.94. The molecule has 1 rings (SSSR count). The molecule has 0 saturated heterocycles. The lowest BCUT2D eigenvalue weighted by Crippen LogP contribution is -2.23. The SMILES string of the molecule is Cc1cc(C(O)CN)ccc1OC(C)(C)C. The van der Waals surface area contributed by atoms with Crippen molar-refractivity contribution in [1.29, 1.82) is 0 Å². The lowest BCUT2D eigenvalue weighted by molar-refractivity contribution is 0.129. The van der Waals surface area contributed by atoms with E-state index in [4.69, 9.17) is 10.5 Å². The summed E-state index contributed by atoms with van der Waals surface area (Å²) in [5, 5.41) is 9.61. The fourth-order valence-corrected chi connectivity index (χ4v) is 1.46. The van der Waals surface area contributed by atoms with Crippen molar-refractivity contribution in [1.82, 2.24) is 0 Å². The summed E-state index contributed by atoms with van der Waals surface area (Å²) in [7, 11) is 0. The van der Waals surface area contributed by atoms with Crippen LogP contribution >= 0.6 is 0 Å². The van der Waals surface area contributed by atoms with Gasteiger partial charge in [-0.3, -0.25) is 0 Å². The van der Waals surface area contributed by atoms with E-state index in [9.17, 15) is 5.11 Å². The highest BCUT2D eigenvalue weighted by Gasteiger charge is 2.14. The molecule has 0 saturated carbocycles.